The minimum Gasteiger partial charge on any atom is -0.497 e. The Balaban J connectivity index is 1.83. The van der Waals surface area contributed by atoms with Crippen LogP contribution in [0.4, 0.5) is 0 Å². The lowest BCUT2D eigenvalue weighted by Gasteiger charge is -2.16. The molecule has 0 bridgehead atoms. The van der Waals surface area contributed by atoms with Gasteiger partial charge in [0, 0.05) is 19.3 Å². The number of ether oxygens (including phenoxy) is 1. The Hall–Kier alpha value is -3.35. The molecule has 0 aliphatic rings. The summed E-state index contributed by atoms with van der Waals surface area (Å²) in [5.74, 6) is -1.27. The highest BCUT2D eigenvalue weighted by Crippen LogP contribution is 2.14. The molecule has 2 amide bonds. The van der Waals surface area contributed by atoms with E-state index < -0.39 is 17.9 Å². The molecule has 2 aromatic carbocycles. The van der Waals surface area contributed by atoms with Gasteiger partial charge in [-0.15, -0.1) is 0 Å². The van der Waals surface area contributed by atoms with Crippen molar-refractivity contribution >= 4 is 17.8 Å². The number of hydrogen-bond donors (Lipinski definition) is 3. The number of carboxylic acid groups (broad SMARTS) is 1. The lowest BCUT2D eigenvalue weighted by atomic mass is 10.1. The number of carbonyl (C=O) groups is 3. The molecule has 0 saturated carbocycles. The molecule has 0 fully saturated rings. The lowest BCUT2D eigenvalue weighted by molar-refractivity contribution is -0.141. The molecule has 0 aliphatic heterocycles. The average molecular weight is 398 g/mol. The maximum Gasteiger partial charge on any atom is 0.326 e. The molecule has 2 atom stereocenters. The number of carbonyl (C=O) groups excluding carboxylic acids is 2. The molecule has 2 aromatic rings. The Morgan fingerprint density at radius 2 is 1.62 bits per heavy atom. The van der Waals surface area contributed by atoms with Gasteiger partial charge in [0.15, 0.2) is 0 Å². The van der Waals surface area contributed by atoms with Gasteiger partial charge in [-0.2, -0.15) is 0 Å². The van der Waals surface area contributed by atoms with Gasteiger partial charge in [0.1, 0.15) is 11.8 Å². The van der Waals surface area contributed by atoms with E-state index in [2.05, 4.69) is 10.6 Å². The first-order valence-corrected chi connectivity index (χ1v) is 9.38. The molecule has 2 rings (SSSR count). The normalized spacial score (nSPS) is 12.5. The van der Waals surface area contributed by atoms with E-state index in [0.29, 0.717) is 5.75 Å². The average Bonchev–Trinajstić information content (AvgIpc) is 2.72. The second-order valence-electron chi connectivity index (χ2n) is 6.71. The van der Waals surface area contributed by atoms with E-state index in [9.17, 15) is 19.5 Å². The van der Waals surface area contributed by atoms with E-state index >= 15 is 0 Å². The fourth-order valence-corrected chi connectivity index (χ4v) is 2.87. The van der Waals surface area contributed by atoms with E-state index in [1.165, 1.54) is 7.11 Å². The number of rotatable bonds is 10. The van der Waals surface area contributed by atoms with Crippen LogP contribution in [0, 0.1) is 0 Å². The minimum atomic E-state index is -1.14. The number of amides is 2. The van der Waals surface area contributed by atoms with Crippen LogP contribution in [0.2, 0.25) is 0 Å². The Morgan fingerprint density at radius 1 is 0.966 bits per heavy atom. The standard InChI is InChI=1S/C22H26N2O5/c1-15(17-8-4-3-5-9-17)23-20(25)11-12-21(26)24-19(22(27)28)14-16-7-6-10-18(13-16)29-2/h3-10,13,15,19H,11-12,14H2,1-2H3,(H,23,25)(H,24,26)(H,27,28)/t15-,19-/m1/s1. The Labute approximate surface area is 170 Å². The van der Waals surface area contributed by atoms with Crippen molar-refractivity contribution in [3.8, 4) is 5.75 Å². The molecule has 0 saturated heterocycles. The summed E-state index contributed by atoms with van der Waals surface area (Å²) in [6.07, 6.45) is 0.0131. The van der Waals surface area contributed by atoms with Crippen molar-refractivity contribution in [2.75, 3.05) is 7.11 Å². The zero-order chi connectivity index (χ0) is 21.2. The van der Waals surface area contributed by atoms with Crippen molar-refractivity contribution in [3.05, 3.63) is 65.7 Å². The van der Waals surface area contributed by atoms with Gasteiger partial charge in [-0.25, -0.2) is 4.79 Å². The molecular formula is C22H26N2O5. The number of aliphatic carboxylic acids is 1. The summed E-state index contributed by atoms with van der Waals surface area (Å²) in [6.45, 7) is 1.86. The highest BCUT2D eigenvalue weighted by Gasteiger charge is 2.21. The van der Waals surface area contributed by atoms with Gasteiger partial charge in [0.05, 0.1) is 13.2 Å². The quantitative estimate of drug-likeness (QED) is 0.570. The monoisotopic (exact) mass is 398 g/mol. The lowest BCUT2D eigenvalue weighted by Crippen LogP contribution is -2.42. The second-order valence-corrected chi connectivity index (χ2v) is 6.71. The summed E-state index contributed by atoms with van der Waals surface area (Å²) in [4.78, 5) is 35.8. The number of nitrogens with one attached hydrogen (secondary N) is 2. The predicted molar refractivity (Wildman–Crippen MR) is 108 cm³/mol. The van der Waals surface area contributed by atoms with Crippen molar-refractivity contribution in [2.45, 2.75) is 38.3 Å². The first-order valence-electron chi connectivity index (χ1n) is 9.38. The third-order valence-corrected chi connectivity index (χ3v) is 4.46. The first kappa shape index (κ1) is 21.9. The minimum absolute atomic E-state index is 0.0193. The Kier molecular flexibility index (Phi) is 8.21. The molecule has 0 radical (unpaired) electrons. The highest BCUT2D eigenvalue weighted by molar-refractivity contribution is 5.87. The van der Waals surface area contributed by atoms with E-state index in [1.54, 1.807) is 24.3 Å². The fourth-order valence-electron chi connectivity index (χ4n) is 2.87. The number of methoxy groups -OCH3 is 1. The zero-order valence-electron chi connectivity index (χ0n) is 16.6. The maximum absolute atomic E-state index is 12.2. The summed E-state index contributed by atoms with van der Waals surface area (Å²) in [7, 11) is 1.53. The smallest absolute Gasteiger partial charge is 0.326 e. The first-order chi connectivity index (χ1) is 13.9. The molecule has 154 valence electrons. The van der Waals surface area contributed by atoms with Crippen LogP contribution in [-0.2, 0) is 20.8 Å². The Bertz CT molecular complexity index is 838. The predicted octanol–water partition coefficient (Wildman–Crippen LogP) is 2.46. The molecule has 0 unspecified atom stereocenters. The zero-order valence-corrected chi connectivity index (χ0v) is 16.6. The van der Waals surface area contributed by atoms with Crippen LogP contribution in [-0.4, -0.2) is 36.0 Å². The van der Waals surface area contributed by atoms with Crippen LogP contribution >= 0.6 is 0 Å². The van der Waals surface area contributed by atoms with Crippen molar-refractivity contribution in [1.29, 1.82) is 0 Å². The van der Waals surface area contributed by atoms with Crippen LogP contribution in [0.15, 0.2) is 54.6 Å². The SMILES string of the molecule is COc1cccc(C[C@@H](NC(=O)CCC(=O)N[C@H](C)c2ccccc2)C(=O)O)c1. The van der Waals surface area contributed by atoms with Crippen molar-refractivity contribution in [3.63, 3.8) is 0 Å². The van der Waals surface area contributed by atoms with E-state index in [1.807, 2.05) is 37.3 Å². The van der Waals surface area contributed by atoms with E-state index in [0.717, 1.165) is 11.1 Å². The van der Waals surface area contributed by atoms with Crippen LogP contribution in [0.3, 0.4) is 0 Å². The molecule has 0 spiro atoms. The molecule has 7 heteroatoms. The number of carboxylic acids is 1. The van der Waals surface area contributed by atoms with Crippen LogP contribution < -0.4 is 15.4 Å². The molecule has 3 N–H and O–H groups in total. The molecular weight excluding hydrogens is 372 g/mol. The second kappa shape index (κ2) is 10.8. The number of hydrogen-bond acceptors (Lipinski definition) is 4. The molecule has 0 heterocycles. The molecule has 0 aromatic heterocycles. The van der Waals surface area contributed by atoms with E-state index in [-0.39, 0.29) is 31.2 Å². The van der Waals surface area contributed by atoms with Crippen molar-refractivity contribution in [2.24, 2.45) is 0 Å². The highest BCUT2D eigenvalue weighted by atomic mass is 16.5. The Morgan fingerprint density at radius 3 is 2.24 bits per heavy atom. The van der Waals surface area contributed by atoms with Gasteiger partial charge in [-0.3, -0.25) is 9.59 Å². The molecule has 0 aliphatic carbocycles. The van der Waals surface area contributed by atoms with Crippen molar-refractivity contribution < 1.29 is 24.2 Å². The maximum atomic E-state index is 12.2. The number of benzene rings is 2. The van der Waals surface area contributed by atoms with Gasteiger partial charge in [-0.05, 0) is 30.2 Å². The van der Waals surface area contributed by atoms with Gasteiger partial charge in [0.25, 0.3) is 0 Å². The van der Waals surface area contributed by atoms with Gasteiger partial charge < -0.3 is 20.5 Å². The van der Waals surface area contributed by atoms with Gasteiger partial charge in [0.2, 0.25) is 11.8 Å². The largest absolute Gasteiger partial charge is 0.497 e. The summed E-state index contributed by atoms with van der Waals surface area (Å²) in [5, 5.41) is 14.7. The van der Waals surface area contributed by atoms with Gasteiger partial charge >= 0.3 is 5.97 Å². The van der Waals surface area contributed by atoms with Crippen LogP contribution in [0.5, 0.6) is 5.75 Å². The third-order valence-electron chi connectivity index (χ3n) is 4.46. The fraction of sp³-hybridized carbons (Fsp3) is 0.318. The van der Waals surface area contributed by atoms with Crippen LogP contribution in [0.1, 0.15) is 36.9 Å². The van der Waals surface area contributed by atoms with Crippen LogP contribution in [0.25, 0.3) is 0 Å². The van der Waals surface area contributed by atoms with E-state index in [4.69, 9.17) is 4.74 Å². The third kappa shape index (κ3) is 7.29. The topological polar surface area (TPSA) is 105 Å². The summed E-state index contributed by atoms with van der Waals surface area (Å²) in [5.41, 5.74) is 1.70. The summed E-state index contributed by atoms with van der Waals surface area (Å²) >= 11 is 0. The van der Waals surface area contributed by atoms with Crippen molar-refractivity contribution in [1.82, 2.24) is 10.6 Å². The summed E-state index contributed by atoms with van der Waals surface area (Å²) in [6, 6.07) is 15.2. The summed E-state index contributed by atoms with van der Waals surface area (Å²) < 4.78 is 5.13. The molecule has 7 nitrogen and oxygen atoms in total. The molecule has 29 heavy (non-hydrogen) atoms. The van der Waals surface area contributed by atoms with Gasteiger partial charge in [-0.1, -0.05) is 42.5 Å².